The Labute approximate surface area is 137 Å². The molecule has 2 N–H and O–H groups in total. The summed E-state index contributed by atoms with van der Waals surface area (Å²) in [6.07, 6.45) is 9.33. The Morgan fingerprint density at radius 2 is 1.70 bits per heavy atom. The lowest BCUT2D eigenvalue weighted by molar-refractivity contribution is 0.102. The average molecular weight is 309 g/mol. The minimum Gasteiger partial charge on any atom is -0.382 e. The molecule has 3 rings (SSSR count). The van der Waals surface area contributed by atoms with E-state index >= 15 is 0 Å². The van der Waals surface area contributed by atoms with E-state index in [1.807, 2.05) is 42.5 Å². The molecular formula is C19H23N3O. The molecule has 4 nitrogen and oxygen atoms in total. The van der Waals surface area contributed by atoms with Gasteiger partial charge >= 0.3 is 0 Å². The second-order valence-corrected chi connectivity index (χ2v) is 6.08. The van der Waals surface area contributed by atoms with E-state index < -0.39 is 0 Å². The summed E-state index contributed by atoms with van der Waals surface area (Å²) in [6.45, 7) is 0. The van der Waals surface area contributed by atoms with E-state index in [-0.39, 0.29) is 5.91 Å². The second-order valence-electron chi connectivity index (χ2n) is 6.08. The number of carbonyl (C=O) groups excluding carboxylic acids is 1. The van der Waals surface area contributed by atoms with Crippen LogP contribution >= 0.6 is 0 Å². The summed E-state index contributed by atoms with van der Waals surface area (Å²) in [7, 11) is 0. The van der Waals surface area contributed by atoms with E-state index in [0.29, 0.717) is 11.7 Å². The zero-order valence-electron chi connectivity index (χ0n) is 13.3. The van der Waals surface area contributed by atoms with Crippen LogP contribution in [0.25, 0.3) is 0 Å². The molecular weight excluding hydrogens is 286 g/mol. The maximum atomic E-state index is 12.3. The minimum atomic E-state index is -0.180. The maximum absolute atomic E-state index is 12.3. The number of anilines is 2. The summed E-state index contributed by atoms with van der Waals surface area (Å²) < 4.78 is 0. The third-order valence-electron chi connectivity index (χ3n) is 4.25. The Kier molecular flexibility index (Phi) is 5.25. The summed E-state index contributed by atoms with van der Waals surface area (Å²) in [5, 5.41) is 6.43. The van der Waals surface area contributed by atoms with Crippen molar-refractivity contribution in [3.05, 3.63) is 54.4 Å². The highest BCUT2D eigenvalue weighted by Crippen LogP contribution is 2.21. The smallest absolute Gasteiger partial charge is 0.274 e. The molecule has 1 heterocycles. The molecule has 4 heteroatoms. The van der Waals surface area contributed by atoms with Gasteiger partial charge in [-0.3, -0.25) is 9.78 Å². The normalized spacial score (nSPS) is 15.7. The van der Waals surface area contributed by atoms with Gasteiger partial charge in [0.2, 0.25) is 0 Å². The van der Waals surface area contributed by atoms with Crippen LogP contribution < -0.4 is 10.6 Å². The highest BCUT2D eigenvalue weighted by atomic mass is 16.1. The summed E-state index contributed by atoms with van der Waals surface area (Å²) >= 11 is 0. The van der Waals surface area contributed by atoms with E-state index in [2.05, 4.69) is 15.6 Å². The van der Waals surface area contributed by atoms with E-state index in [9.17, 15) is 4.79 Å². The van der Waals surface area contributed by atoms with Crippen LogP contribution in [0.4, 0.5) is 11.4 Å². The molecule has 1 aliphatic carbocycles. The molecule has 0 bridgehead atoms. The monoisotopic (exact) mass is 309 g/mol. The van der Waals surface area contributed by atoms with Crippen LogP contribution in [-0.2, 0) is 0 Å². The predicted molar refractivity (Wildman–Crippen MR) is 93.7 cm³/mol. The van der Waals surface area contributed by atoms with Gasteiger partial charge in [0.15, 0.2) is 0 Å². The van der Waals surface area contributed by atoms with Crippen LogP contribution in [0.1, 0.15) is 49.0 Å². The molecule has 2 aromatic rings. The van der Waals surface area contributed by atoms with Gasteiger partial charge in [-0.1, -0.05) is 43.9 Å². The molecule has 1 aromatic heterocycles. The Morgan fingerprint density at radius 3 is 2.43 bits per heavy atom. The van der Waals surface area contributed by atoms with Crippen molar-refractivity contribution in [1.29, 1.82) is 0 Å². The lowest BCUT2D eigenvalue weighted by Gasteiger charge is -2.17. The molecule has 1 saturated carbocycles. The molecule has 0 radical (unpaired) electrons. The van der Waals surface area contributed by atoms with Gasteiger partial charge in [-0.25, -0.2) is 0 Å². The highest BCUT2D eigenvalue weighted by Gasteiger charge is 2.13. The molecule has 1 aromatic carbocycles. The van der Waals surface area contributed by atoms with Crippen molar-refractivity contribution in [1.82, 2.24) is 4.98 Å². The number of para-hydroxylation sites is 1. The highest BCUT2D eigenvalue weighted by molar-refractivity contribution is 6.03. The lowest BCUT2D eigenvalue weighted by atomic mass is 10.1. The fourth-order valence-corrected chi connectivity index (χ4v) is 3.02. The minimum absolute atomic E-state index is 0.180. The van der Waals surface area contributed by atoms with Gasteiger partial charge in [-0.05, 0) is 37.1 Å². The van der Waals surface area contributed by atoms with Crippen LogP contribution in [0.2, 0.25) is 0 Å². The van der Waals surface area contributed by atoms with Crippen LogP contribution in [0.15, 0.2) is 48.7 Å². The third kappa shape index (κ3) is 4.55. The fourth-order valence-electron chi connectivity index (χ4n) is 3.02. The number of nitrogens with zero attached hydrogens (tertiary/aromatic N) is 1. The topological polar surface area (TPSA) is 54.0 Å². The summed E-state index contributed by atoms with van der Waals surface area (Å²) in [5.41, 5.74) is 2.19. The van der Waals surface area contributed by atoms with E-state index in [4.69, 9.17) is 0 Å². The first-order chi connectivity index (χ1) is 11.3. The van der Waals surface area contributed by atoms with Gasteiger partial charge in [-0.15, -0.1) is 0 Å². The average Bonchev–Trinajstić information content (AvgIpc) is 2.85. The molecule has 0 spiro atoms. The van der Waals surface area contributed by atoms with Gasteiger partial charge in [0.05, 0.1) is 0 Å². The zero-order chi connectivity index (χ0) is 15.9. The van der Waals surface area contributed by atoms with Crippen LogP contribution in [0, 0.1) is 0 Å². The van der Waals surface area contributed by atoms with Crippen molar-refractivity contribution >= 4 is 17.3 Å². The molecule has 1 amide bonds. The molecule has 0 atom stereocenters. The Balaban J connectivity index is 1.65. The number of rotatable bonds is 4. The van der Waals surface area contributed by atoms with E-state index in [0.717, 1.165) is 11.4 Å². The Morgan fingerprint density at radius 1 is 0.957 bits per heavy atom. The molecule has 1 fully saturated rings. The molecule has 120 valence electrons. The summed E-state index contributed by atoms with van der Waals surface area (Å²) in [6, 6.07) is 13.7. The first-order valence-electron chi connectivity index (χ1n) is 8.40. The van der Waals surface area contributed by atoms with Crippen LogP contribution in [0.3, 0.4) is 0 Å². The zero-order valence-corrected chi connectivity index (χ0v) is 13.3. The standard InChI is InChI=1S/C19H23N3O/c23-19(22-16-10-6-3-7-11-16)18-14-17(12-13-20-18)21-15-8-4-1-2-5-9-15/h3,6-7,10-15H,1-2,4-5,8-9H2,(H,20,21)(H,22,23). The largest absolute Gasteiger partial charge is 0.382 e. The van der Waals surface area contributed by atoms with Crippen molar-refractivity contribution in [2.45, 2.75) is 44.6 Å². The molecule has 23 heavy (non-hydrogen) atoms. The SMILES string of the molecule is O=C(Nc1ccccc1)c1cc(NC2CCCCCC2)ccn1. The number of pyridine rings is 1. The van der Waals surface area contributed by atoms with Gasteiger partial charge in [0.25, 0.3) is 5.91 Å². The van der Waals surface area contributed by atoms with Crippen LogP contribution in [0.5, 0.6) is 0 Å². The number of aromatic nitrogens is 1. The maximum Gasteiger partial charge on any atom is 0.274 e. The number of carbonyl (C=O) groups is 1. The number of hydrogen-bond donors (Lipinski definition) is 2. The van der Waals surface area contributed by atoms with Gasteiger partial charge < -0.3 is 10.6 Å². The van der Waals surface area contributed by atoms with Crippen LogP contribution in [-0.4, -0.2) is 16.9 Å². The summed E-state index contributed by atoms with van der Waals surface area (Å²) in [5.74, 6) is -0.180. The molecule has 0 saturated heterocycles. The number of amides is 1. The third-order valence-corrected chi connectivity index (χ3v) is 4.25. The van der Waals surface area contributed by atoms with Crippen molar-refractivity contribution in [3.63, 3.8) is 0 Å². The van der Waals surface area contributed by atoms with E-state index in [1.165, 1.54) is 38.5 Å². The summed E-state index contributed by atoms with van der Waals surface area (Å²) in [4.78, 5) is 16.5. The lowest BCUT2D eigenvalue weighted by Crippen LogP contribution is -2.19. The molecule has 1 aliphatic rings. The van der Waals surface area contributed by atoms with Gasteiger partial charge in [0, 0.05) is 23.6 Å². The van der Waals surface area contributed by atoms with Crippen molar-refractivity contribution < 1.29 is 4.79 Å². The first kappa shape index (κ1) is 15.5. The van der Waals surface area contributed by atoms with Gasteiger partial charge in [0.1, 0.15) is 5.69 Å². The van der Waals surface area contributed by atoms with Gasteiger partial charge in [-0.2, -0.15) is 0 Å². The molecule has 0 aliphatic heterocycles. The van der Waals surface area contributed by atoms with Crippen molar-refractivity contribution in [2.24, 2.45) is 0 Å². The molecule has 0 unspecified atom stereocenters. The van der Waals surface area contributed by atoms with Crippen molar-refractivity contribution in [3.8, 4) is 0 Å². The van der Waals surface area contributed by atoms with Crippen molar-refractivity contribution in [2.75, 3.05) is 10.6 Å². The quantitative estimate of drug-likeness (QED) is 0.819. The Bertz CT molecular complexity index is 634. The first-order valence-corrected chi connectivity index (χ1v) is 8.40. The number of benzene rings is 1. The fraction of sp³-hybridized carbons (Fsp3) is 0.368. The number of hydrogen-bond acceptors (Lipinski definition) is 3. The Hall–Kier alpha value is -2.36. The van der Waals surface area contributed by atoms with E-state index in [1.54, 1.807) is 6.20 Å². The number of nitrogens with one attached hydrogen (secondary N) is 2. The second kappa shape index (κ2) is 7.77. The predicted octanol–water partition coefficient (Wildman–Crippen LogP) is 4.47.